The van der Waals surface area contributed by atoms with Crippen LogP contribution in [-0.2, 0) is 28.6 Å². The van der Waals surface area contributed by atoms with Crippen molar-refractivity contribution in [2.75, 3.05) is 13.2 Å². The van der Waals surface area contributed by atoms with Crippen molar-refractivity contribution in [1.29, 1.82) is 0 Å². The predicted octanol–water partition coefficient (Wildman–Crippen LogP) is 19.8. The molecule has 73 heavy (non-hydrogen) atoms. The Balaban J connectivity index is 4.60. The van der Waals surface area contributed by atoms with Crippen LogP contribution in [0.15, 0.2) is 158 Å². The number of allylic oxidation sites excluding steroid dienone is 26. The maximum absolute atomic E-state index is 12.9. The molecule has 0 aliphatic rings. The van der Waals surface area contributed by atoms with E-state index in [4.69, 9.17) is 14.2 Å². The molecule has 0 amide bonds. The van der Waals surface area contributed by atoms with Crippen molar-refractivity contribution < 1.29 is 28.6 Å². The zero-order valence-electron chi connectivity index (χ0n) is 46.6. The molecule has 6 heteroatoms. The second kappa shape index (κ2) is 59.6. The number of unbranched alkanes of at least 4 members (excludes halogenated alkanes) is 19. The molecule has 408 valence electrons. The van der Waals surface area contributed by atoms with Crippen LogP contribution in [0.3, 0.4) is 0 Å². The lowest BCUT2D eigenvalue weighted by Gasteiger charge is -2.18. The lowest BCUT2D eigenvalue weighted by molar-refractivity contribution is -0.167. The molecule has 0 heterocycles. The lowest BCUT2D eigenvalue weighted by atomic mass is 10.1. The van der Waals surface area contributed by atoms with Crippen LogP contribution in [0, 0.1) is 0 Å². The van der Waals surface area contributed by atoms with Crippen LogP contribution in [0.2, 0.25) is 0 Å². The first-order valence-electron chi connectivity index (χ1n) is 29.1. The molecule has 6 nitrogen and oxygen atoms in total. The number of esters is 3. The number of rotatable bonds is 50. The van der Waals surface area contributed by atoms with Gasteiger partial charge in [-0.2, -0.15) is 0 Å². The third-order valence-corrected chi connectivity index (χ3v) is 11.7. The molecule has 0 N–H and O–H groups in total. The third-order valence-electron chi connectivity index (χ3n) is 11.7. The zero-order valence-corrected chi connectivity index (χ0v) is 46.6. The summed E-state index contributed by atoms with van der Waals surface area (Å²) < 4.78 is 16.8. The molecule has 1 atom stereocenters. The summed E-state index contributed by atoms with van der Waals surface area (Å²) in [4.78, 5) is 38.2. The maximum atomic E-state index is 12.9. The molecule has 0 aromatic carbocycles. The van der Waals surface area contributed by atoms with E-state index in [2.05, 4.69) is 106 Å². The standard InChI is InChI=1S/C67H104O6/c1-4-7-10-13-16-19-22-25-28-31-33-36-39-42-45-48-51-54-57-60-66(69)72-63-64(62-71-65(68)59-56-53-50-47-44-41-38-35-30-27-24-21-18-15-12-9-6-3)73-67(70)61-58-55-52-49-46-43-40-37-34-32-29-26-23-20-17-14-11-8-5-2/h7-8,10-11,13,16-17,19-20,22,25-31,33,36,38-39,41-42,45,47,50,64H,4-6,9,12,14-15,18,21,23-24,32,34-35,37,40,43-44,46,48-49,51-63H2,1-3H3/b10-7-,11-8-,16-13-,20-17-,22-19-,28-25-,29-26-,30-27-,33-31+,39-36-,41-38-,45-42-,50-47-. The summed E-state index contributed by atoms with van der Waals surface area (Å²) in [7, 11) is 0. The minimum Gasteiger partial charge on any atom is -0.462 e. The maximum Gasteiger partial charge on any atom is 0.306 e. The second-order valence-corrected chi connectivity index (χ2v) is 18.6. The Morgan fingerprint density at radius 3 is 1.07 bits per heavy atom. The van der Waals surface area contributed by atoms with E-state index >= 15 is 0 Å². The van der Waals surface area contributed by atoms with Gasteiger partial charge in [-0.25, -0.2) is 0 Å². The molecule has 0 rings (SSSR count). The first-order valence-corrected chi connectivity index (χ1v) is 29.1. The van der Waals surface area contributed by atoms with Crippen LogP contribution >= 0.6 is 0 Å². The van der Waals surface area contributed by atoms with Gasteiger partial charge in [-0.05, 0) is 103 Å². The molecule has 0 aliphatic heterocycles. The molecule has 0 aromatic rings. The summed E-state index contributed by atoms with van der Waals surface area (Å²) in [6, 6.07) is 0. The molecule has 0 radical (unpaired) electrons. The highest BCUT2D eigenvalue weighted by Crippen LogP contribution is 2.14. The van der Waals surface area contributed by atoms with Crippen LogP contribution in [0.1, 0.15) is 226 Å². The minimum absolute atomic E-state index is 0.127. The number of carbonyl (C=O) groups excluding carboxylic acids is 3. The van der Waals surface area contributed by atoms with Gasteiger partial charge in [0, 0.05) is 19.3 Å². The first-order chi connectivity index (χ1) is 36.0. The van der Waals surface area contributed by atoms with Crippen molar-refractivity contribution in [2.24, 2.45) is 0 Å². The van der Waals surface area contributed by atoms with E-state index in [9.17, 15) is 14.4 Å². The molecule has 1 unspecified atom stereocenters. The topological polar surface area (TPSA) is 78.9 Å². The van der Waals surface area contributed by atoms with Crippen molar-refractivity contribution in [3.05, 3.63) is 158 Å². The van der Waals surface area contributed by atoms with Crippen molar-refractivity contribution in [1.82, 2.24) is 0 Å². The Morgan fingerprint density at radius 2 is 0.616 bits per heavy atom. The molecule has 0 fully saturated rings. The van der Waals surface area contributed by atoms with Gasteiger partial charge in [-0.3, -0.25) is 14.4 Å². The SMILES string of the molecule is CC\C=C/C=C\C=C/C=C\C=C\C=C/C=C\CCCCCC(=O)OCC(COC(=O)CCC/C=C\C/C=C\C/C=C\CCCCCCCC)OC(=O)CCCCCCCCCCC/C=C\C/C=C\C/C=C\CC. The number of hydrogen-bond acceptors (Lipinski definition) is 6. The second-order valence-electron chi connectivity index (χ2n) is 18.6. The van der Waals surface area contributed by atoms with Crippen LogP contribution in [0.4, 0.5) is 0 Å². The number of hydrogen-bond donors (Lipinski definition) is 0. The third kappa shape index (κ3) is 57.8. The van der Waals surface area contributed by atoms with Crippen LogP contribution in [-0.4, -0.2) is 37.2 Å². The van der Waals surface area contributed by atoms with Gasteiger partial charge < -0.3 is 14.2 Å². The van der Waals surface area contributed by atoms with E-state index in [-0.39, 0.29) is 44.0 Å². The van der Waals surface area contributed by atoms with Gasteiger partial charge in [-0.1, -0.05) is 262 Å². The number of ether oxygens (including phenoxy) is 3. The highest BCUT2D eigenvalue weighted by Gasteiger charge is 2.19. The summed E-state index contributed by atoms with van der Waals surface area (Å²) >= 11 is 0. The van der Waals surface area contributed by atoms with E-state index in [0.29, 0.717) is 19.3 Å². The molecular weight excluding hydrogens is 901 g/mol. The van der Waals surface area contributed by atoms with Gasteiger partial charge in [0.15, 0.2) is 6.10 Å². The Labute approximate surface area is 448 Å². The van der Waals surface area contributed by atoms with Crippen LogP contribution < -0.4 is 0 Å². The minimum atomic E-state index is -0.830. The van der Waals surface area contributed by atoms with Crippen molar-refractivity contribution in [2.45, 2.75) is 232 Å². The van der Waals surface area contributed by atoms with Crippen LogP contribution in [0.25, 0.3) is 0 Å². The van der Waals surface area contributed by atoms with E-state index in [1.807, 2.05) is 72.9 Å². The van der Waals surface area contributed by atoms with Gasteiger partial charge in [0.1, 0.15) is 13.2 Å². The quantitative estimate of drug-likeness (QED) is 0.0199. The summed E-state index contributed by atoms with van der Waals surface area (Å²) in [5.74, 6) is -1.03. The Morgan fingerprint density at radius 1 is 0.301 bits per heavy atom. The fraction of sp³-hybridized carbons (Fsp3) is 0.567. The van der Waals surface area contributed by atoms with Gasteiger partial charge in [-0.15, -0.1) is 0 Å². The Bertz CT molecular complexity index is 1670. The lowest BCUT2D eigenvalue weighted by Crippen LogP contribution is -2.30. The average molecular weight is 1010 g/mol. The summed E-state index contributed by atoms with van der Waals surface area (Å²) in [6.45, 7) is 6.28. The monoisotopic (exact) mass is 1000 g/mol. The average Bonchev–Trinajstić information content (AvgIpc) is 3.39. The van der Waals surface area contributed by atoms with Gasteiger partial charge >= 0.3 is 17.9 Å². The fourth-order valence-corrected chi connectivity index (χ4v) is 7.40. The molecular formula is C67H104O6. The van der Waals surface area contributed by atoms with E-state index in [0.717, 1.165) is 89.9 Å². The van der Waals surface area contributed by atoms with Gasteiger partial charge in [0.25, 0.3) is 0 Å². The van der Waals surface area contributed by atoms with E-state index < -0.39 is 6.10 Å². The van der Waals surface area contributed by atoms with E-state index in [1.165, 1.54) is 83.5 Å². The Hall–Kier alpha value is -4.97. The smallest absolute Gasteiger partial charge is 0.306 e. The molecule has 0 bridgehead atoms. The van der Waals surface area contributed by atoms with Crippen molar-refractivity contribution >= 4 is 17.9 Å². The van der Waals surface area contributed by atoms with Crippen molar-refractivity contribution in [3.8, 4) is 0 Å². The highest BCUT2D eigenvalue weighted by molar-refractivity contribution is 5.71. The zero-order chi connectivity index (χ0) is 52.9. The number of carbonyl (C=O) groups is 3. The van der Waals surface area contributed by atoms with E-state index in [1.54, 1.807) is 0 Å². The Kier molecular flexibility index (Phi) is 55.5. The van der Waals surface area contributed by atoms with Crippen LogP contribution in [0.5, 0.6) is 0 Å². The van der Waals surface area contributed by atoms with Gasteiger partial charge in [0.05, 0.1) is 0 Å². The first kappa shape index (κ1) is 68.0. The molecule has 0 saturated carbocycles. The van der Waals surface area contributed by atoms with Crippen molar-refractivity contribution in [3.63, 3.8) is 0 Å². The summed E-state index contributed by atoms with van der Waals surface area (Å²) in [5.41, 5.74) is 0. The molecule has 0 spiro atoms. The summed E-state index contributed by atoms with van der Waals surface area (Å²) in [6.07, 6.45) is 86.6. The highest BCUT2D eigenvalue weighted by atomic mass is 16.6. The summed E-state index contributed by atoms with van der Waals surface area (Å²) in [5, 5.41) is 0. The fourth-order valence-electron chi connectivity index (χ4n) is 7.40. The molecule has 0 aliphatic carbocycles. The molecule has 0 saturated heterocycles. The normalized spacial score (nSPS) is 13.3. The molecule has 0 aromatic heterocycles. The largest absolute Gasteiger partial charge is 0.462 e. The van der Waals surface area contributed by atoms with Gasteiger partial charge in [0.2, 0.25) is 0 Å². The predicted molar refractivity (Wildman–Crippen MR) is 315 cm³/mol.